The average Bonchev–Trinajstić information content (AvgIpc) is 2.54. The van der Waals surface area contributed by atoms with Crippen LogP contribution in [0.2, 0.25) is 0 Å². The van der Waals surface area contributed by atoms with E-state index < -0.39 is 0 Å². The number of nitrogens with zero attached hydrogens (tertiary/aromatic N) is 2. The first-order valence-corrected chi connectivity index (χ1v) is 5.12. The Balaban J connectivity index is 2.52. The largest absolute Gasteiger partial charge is 0.370 e. The van der Waals surface area contributed by atoms with E-state index in [0.29, 0.717) is 12.2 Å². The van der Waals surface area contributed by atoms with E-state index in [2.05, 4.69) is 15.0 Å². The Morgan fingerprint density at radius 2 is 2.19 bits per heavy atom. The quantitative estimate of drug-likeness (QED) is 0.285. The molecule has 0 aromatic carbocycles. The van der Waals surface area contributed by atoms with Gasteiger partial charge in [-0.05, 0) is 13.3 Å². The van der Waals surface area contributed by atoms with Crippen molar-refractivity contribution in [1.29, 1.82) is 0 Å². The zero-order valence-corrected chi connectivity index (χ0v) is 9.58. The molecular formula is C10H17N5O. The summed E-state index contributed by atoms with van der Waals surface area (Å²) in [5.74, 6) is 0.873. The lowest BCUT2D eigenvalue weighted by atomic mass is 10.3. The van der Waals surface area contributed by atoms with Crippen LogP contribution in [0.4, 0.5) is 0 Å². The molecule has 0 spiro atoms. The number of aliphatic imine (C=N–C) groups is 1. The Kier molecular flexibility index (Phi) is 4.04. The van der Waals surface area contributed by atoms with Gasteiger partial charge in [0.15, 0.2) is 11.7 Å². The number of carbonyl (C=O) groups is 1. The van der Waals surface area contributed by atoms with Crippen molar-refractivity contribution in [3.63, 3.8) is 0 Å². The van der Waals surface area contributed by atoms with Crippen LogP contribution in [0.25, 0.3) is 0 Å². The first kappa shape index (κ1) is 12.2. The molecular weight excluding hydrogens is 206 g/mol. The highest BCUT2D eigenvalue weighted by Crippen LogP contribution is 2.07. The zero-order valence-electron chi connectivity index (χ0n) is 9.58. The molecule has 0 aliphatic rings. The first-order valence-electron chi connectivity index (χ1n) is 5.12. The van der Waals surface area contributed by atoms with E-state index in [1.54, 1.807) is 0 Å². The van der Waals surface area contributed by atoms with Gasteiger partial charge in [0.25, 0.3) is 0 Å². The summed E-state index contributed by atoms with van der Waals surface area (Å²) in [5.41, 5.74) is 11.7. The predicted molar refractivity (Wildman–Crippen MR) is 62.3 cm³/mol. The van der Waals surface area contributed by atoms with Gasteiger partial charge < -0.3 is 16.5 Å². The summed E-state index contributed by atoms with van der Waals surface area (Å²) in [5, 5.41) is 0. The van der Waals surface area contributed by atoms with Crippen molar-refractivity contribution in [2.24, 2.45) is 16.5 Å². The van der Waals surface area contributed by atoms with Crippen LogP contribution in [-0.4, -0.2) is 28.3 Å². The number of nitrogens with two attached hydrogens (primary N) is 2. The minimum Gasteiger partial charge on any atom is -0.370 e. The lowest BCUT2D eigenvalue weighted by Crippen LogP contribution is -2.23. The molecule has 0 amide bonds. The molecule has 0 radical (unpaired) electrons. The van der Waals surface area contributed by atoms with E-state index in [0.717, 1.165) is 24.4 Å². The van der Waals surface area contributed by atoms with Crippen LogP contribution in [0.1, 0.15) is 35.4 Å². The topological polar surface area (TPSA) is 110 Å². The van der Waals surface area contributed by atoms with Crippen LogP contribution in [0.3, 0.4) is 0 Å². The molecule has 16 heavy (non-hydrogen) atoms. The maximum Gasteiger partial charge on any atom is 0.185 e. The van der Waals surface area contributed by atoms with Crippen molar-refractivity contribution in [2.45, 2.75) is 26.7 Å². The molecule has 0 aliphatic carbocycles. The van der Waals surface area contributed by atoms with E-state index in [9.17, 15) is 4.79 Å². The second-order valence-electron chi connectivity index (χ2n) is 3.62. The number of ketones is 1. The van der Waals surface area contributed by atoms with Crippen LogP contribution in [0.15, 0.2) is 4.99 Å². The highest BCUT2D eigenvalue weighted by Gasteiger charge is 2.09. The molecule has 0 bridgehead atoms. The van der Waals surface area contributed by atoms with Gasteiger partial charge in [0.2, 0.25) is 0 Å². The lowest BCUT2D eigenvalue weighted by Gasteiger charge is -1.94. The maximum absolute atomic E-state index is 11.2. The summed E-state index contributed by atoms with van der Waals surface area (Å²) in [6.45, 7) is 3.91. The molecule has 1 heterocycles. The Bertz CT molecular complexity index is 403. The van der Waals surface area contributed by atoms with Crippen molar-refractivity contribution in [3.05, 3.63) is 17.2 Å². The second kappa shape index (κ2) is 5.29. The highest BCUT2D eigenvalue weighted by atomic mass is 16.1. The van der Waals surface area contributed by atoms with Crippen LogP contribution in [-0.2, 0) is 6.42 Å². The molecule has 6 nitrogen and oxygen atoms in total. The summed E-state index contributed by atoms with van der Waals surface area (Å²) < 4.78 is 0. The Morgan fingerprint density at radius 1 is 1.50 bits per heavy atom. The SMILES string of the molecule is CC(=O)c1nc(CCCN=C(N)N)[nH]c1C. The van der Waals surface area contributed by atoms with Gasteiger partial charge in [0, 0.05) is 25.6 Å². The number of Topliss-reactive ketones (excluding diaryl/α,β-unsaturated/α-hetero) is 1. The van der Waals surface area contributed by atoms with E-state index in [-0.39, 0.29) is 11.7 Å². The van der Waals surface area contributed by atoms with Gasteiger partial charge in [-0.3, -0.25) is 9.79 Å². The third kappa shape index (κ3) is 3.38. The Hall–Kier alpha value is -1.85. The van der Waals surface area contributed by atoms with Gasteiger partial charge >= 0.3 is 0 Å². The second-order valence-corrected chi connectivity index (χ2v) is 3.62. The standard InChI is InChI=1S/C10H17N5O/c1-6-9(7(2)16)15-8(14-6)4-3-5-13-10(11)12/h3-5H2,1-2H3,(H,14,15)(H4,11,12,13). The number of carbonyl (C=O) groups excluding carboxylic acids is 1. The van der Waals surface area contributed by atoms with Crippen LogP contribution >= 0.6 is 0 Å². The lowest BCUT2D eigenvalue weighted by molar-refractivity contribution is 0.101. The molecule has 0 unspecified atom stereocenters. The van der Waals surface area contributed by atoms with Gasteiger partial charge in [-0.1, -0.05) is 0 Å². The maximum atomic E-state index is 11.2. The number of hydrogen-bond donors (Lipinski definition) is 3. The number of nitrogens with one attached hydrogen (secondary N) is 1. The molecule has 1 rings (SSSR count). The first-order chi connectivity index (χ1) is 7.50. The summed E-state index contributed by atoms with van der Waals surface area (Å²) in [4.78, 5) is 22.3. The fourth-order valence-corrected chi connectivity index (χ4v) is 1.44. The summed E-state index contributed by atoms with van der Waals surface area (Å²) in [6.07, 6.45) is 1.52. The normalized spacial score (nSPS) is 10.1. The van der Waals surface area contributed by atoms with Crippen molar-refractivity contribution < 1.29 is 4.79 Å². The van der Waals surface area contributed by atoms with Gasteiger partial charge in [-0.15, -0.1) is 0 Å². The summed E-state index contributed by atoms with van der Waals surface area (Å²) >= 11 is 0. The van der Waals surface area contributed by atoms with Crippen LogP contribution < -0.4 is 11.5 Å². The number of hydrogen-bond acceptors (Lipinski definition) is 3. The molecule has 6 heteroatoms. The smallest absolute Gasteiger partial charge is 0.185 e. The number of guanidine groups is 1. The molecule has 0 saturated heterocycles. The van der Waals surface area contributed by atoms with Crippen molar-refractivity contribution in [2.75, 3.05) is 6.54 Å². The number of aromatic nitrogens is 2. The van der Waals surface area contributed by atoms with Gasteiger partial charge in [-0.2, -0.15) is 0 Å². The van der Waals surface area contributed by atoms with Gasteiger partial charge in [0.1, 0.15) is 11.5 Å². The molecule has 0 fully saturated rings. The van der Waals surface area contributed by atoms with E-state index in [1.165, 1.54) is 6.92 Å². The number of H-pyrrole nitrogens is 1. The van der Waals surface area contributed by atoms with Crippen LogP contribution in [0.5, 0.6) is 0 Å². The van der Waals surface area contributed by atoms with Crippen LogP contribution in [0, 0.1) is 6.92 Å². The average molecular weight is 223 g/mol. The van der Waals surface area contributed by atoms with Gasteiger partial charge in [-0.25, -0.2) is 4.98 Å². The predicted octanol–water partition coefficient (Wildman–Crippen LogP) is 0.127. The molecule has 1 aromatic heterocycles. The molecule has 0 aliphatic heterocycles. The highest BCUT2D eigenvalue weighted by molar-refractivity contribution is 5.93. The molecule has 0 atom stereocenters. The Labute approximate surface area is 94.2 Å². The van der Waals surface area contributed by atoms with E-state index in [1.807, 2.05) is 6.92 Å². The minimum atomic E-state index is -0.0239. The van der Waals surface area contributed by atoms with Crippen molar-refractivity contribution in [1.82, 2.24) is 9.97 Å². The number of rotatable bonds is 5. The summed E-state index contributed by atoms with van der Waals surface area (Å²) in [6, 6.07) is 0. The van der Waals surface area contributed by atoms with Crippen molar-refractivity contribution in [3.8, 4) is 0 Å². The fourth-order valence-electron chi connectivity index (χ4n) is 1.44. The van der Waals surface area contributed by atoms with E-state index in [4.69, 9.17) is 11.5 Å². The third-order valence-electron chi connectivity index (χ3n) is 2.13. The summed E-state index contributed by atoms with van der Waals surface area (Å²) in [7, 11) is 0. The van der Waals surface area contributed by atoms with Crippen molar-refractivity contribution >= 4 is 11.7 Å². The molecule has 88 valence electrons. The third-order valence-corrected chi connectivity index (χ3v) is 2.13. The number of aryl methyl sites for hydroxylation is 2. The zero-order chi connectivity index (χ0) is 12.1. The molecule has 5 N–H and O–H groups in total. The monoisotopic (exact) mass is 223 g/mol. The minimum absolute atomic E-state index is 0.0239. The van der Waals surface area contributed by atoms with Gasteiger partial charge in [0.05, 0.1) is 0 Å². The number of aromatic amines is 1. The Morgan fingerprint density at radius 3 is 2.69 bits per heavy atom. The van der Waals surface area contributed by atoms with E-state index >= 15 is 0 Å². The molecule has 0 saturated carbocycles. The fraction of sp³-hybridized carbons (Fsp3) is 0.500. The molecule has 1 aromatic rings. The number of imidazole rings is 1.